The van der Waals surface area contributed by atoms with E-state index < -0.39 is 0 Å². The molecule has 3 N–H and O–H groups in total. The van der Waals surface area contributed by atoms with Crippen LogP contribution in [-0.2, 0) is 12.0 Å². The van der Waals surface area contributed by atoms with Gasteiger partial charge in [-0.15, -0.1) is 0 Å². The summed E-state index contributed by atoms with van der Waals surface area (Å²) in [5.41, 5.74) is 4.82. The van der Waals surface area contributed by atoms with E-state index in [1.807, 2.05) is 59.2 Å². The highest BCUT2D eigenvalue weighted by Crippen LogP contribution is 2.25. The summed E-state index contributed by atoms with van der Waals surface area (Å²) in [5, 5.41) is 12.7. The van der Waals surface area contributed by atoms with Gasteiger partial charge >= 0.3 is 6.03 Å². The molecule has 0 aliphatic rings. The van der Waals surface area contributed by atoms with Crippen LogP contribution in [0.5, 0.6) is 5.75 Å². The first-order chi connectivity index (χ1) is 17.7. The standard InChI is InChI=1S/C28H27FN6O2/c1-28(2,3)25-15-26(34-33-25)32-27(36)31-20-7-9-21(10-8-20)35-17-30-23-14-22(11-12-24(23)35)37-16-18-5-4-6-19(29)13-18/h4-15,17H,16H2,1-3H3,(H3,31,32,33,34,36). The second kappa shape index (κ2) is 9.77. The van der Waals surface area contributed by atoms with E-state index in [1.165, 1.54) is 12.1 Å². The third kappa shape index (κ3) is 5.61. The number of nitrogens with one attached hydrogen (secondary N) is 3. The molecule has 5 aromatic rings. The number of aromatic amines is 1. The maximum absolute atomic E-state index is 13.4. The highest BCUT2D eigenvalue weighted by Gasteiger charge is 2.17. The molecule has 188 valence electrons. The molecular weight excluding hydrogens is 471 g/mol. The molecule has 0 aliphatic carbocycles. The fourth-order valence-electron chi connectivity index (χ4n) is 3.84. The maximum atomic E-state index is 13.4. The van der Waals surface area contributed by atoms with Gasteiger partial charge in [-0.3, -0.25) is 15.0 Å². The Balaban J connectivity index is 1.23. The zero-order chi connectivity index (χ0) is 26.0. The Labute approximate surface area is 213 Å². The van der Waals surface area contributed by atoms with Crippen molar-refractivity contribution in [1.29, 1.82) is 0 Å². The van der Waals surface area contributed by atoms with E-state index in [-0.39, 0.29) is 23.9 Å². The molecule has 5 rings (SSSR count). The number of rotatable bonds is 6. The monoisotopic (exact) mass is 498 g/mol. The van der Waals surface area contributed by atoms with E-state index in [9.17, 15) is 9.18 Å². The van der Waals surface area contributed by atoms with Crippen LogP contribution in [0.25, 0.3) is 16.7 Å². The molecular formula is C28H27FN6O2. The second-order valence-electron chi connectivity index (χ2n) is 9.73. The lowest BCUT2D eigenvalue weighted by Crippen LogP contribution is -2.19. The number of amides is 2. The number of carbonyl (C=O) groups is 1. The summed E-state index contributed by atoms with van der Waals surface area (Å²) in [7, 11) is 0. The largest absolute Gasteiger partial charge is 0.489 e. The molecule has 3 aromatic carbocycles. The summed E-state index contributed by atoms with van der Waals surface area (Å²) in [4.78, 5) is 16.9. The van der Waals surface area contributed by atoms with Gasteiger partial charge in [0.25, 0.3) is 0 Å². The quantitative estimate of drug-likeness (QED) is 0.252. The van der Waals surface area contributed by atoms with Crippen molar-refractivity contribution >= 4 is 28.6 Å². The molecule has 2 heterocycles. The molecule has 0 spiro atoms. The van der Waals surface area contributed by atoms with Crippen LogP contribution in [0.1, 0.15) is 32.0 Å². The Morgan fingerprint density at radius 1 is 1.03 bits per heavy atom. The first-order valence-corrected chi connectivity index (χ1v) is 11.8. The number of nitrogens with zero attached hydrogens (tertiary/aromatic N) is 3. The normalized spacial score (nSPS) is 11.5. The number of fused-ring (bicyclic) bond motifs is 1. The number of halogens is 1. The first kappa shape index (κ1) is 24.1. The molecule has 0 unspecified atom stereocenters. The van der Waals surface area contributed by atoms with Crippen LogP contribution in [-0.4, -0.2) is 25.8 Å². The number of anilines is 2. The molecule has 0 saturated heterocycles. The summed E-state index contributed by atoms with van der Waals surface area (Å²) in [6, 6.07) is 20.9. The topological polar surface area (TPSA) is 96.9 Å². The summed E-state index contributed by atoms with van der Waals surface area (Å²) in [5.74, 6) is 0.826. The molecule has 0 fully saturated rings. The number of benzene rings is 3. The predicted octanol–water partition coefficient (Wildman–Crippen LogP) is 6.41. The molecule has 9 heteroatoms. The zero-order valence-electron chi connectivity index (χ0n) is 20.7. The molecule has 0 radical (unpaired) electrons. The van der Waals surface area contributed by atoms with E-state index in [0.717, 1.165) is 28.0 Å². The van der Waals surface area contributed by atoms with Gasteiger partial charge in [0.05, 0.1) is 11.0 Å². The number of imidazole rings is 1. The van der Waals surface area contributed by atoms with Crippen molar-refractivity contribution in [3.63, 3.8) is 0 Å². The highest BCUT2D eigenvalue weighted by molar-refractivity contribution is 5.99. The minimum absolute atomic E-state index is 0.0891. The third-order valence-electron chi connectivity index (χ3n) is 5.84. The van der Waals surface area contributed by atoms with Gasteiger partial charge in [0.2, 0.25) is 0 Å². The van der Waals surface area contributed by atoms with Gasteiger partial charge in [-0.2, -0.15) is 5.10 Å². The molecule has 0 bridgehead atoms. The van der Waals surface area contributed by atoms with Gasteiger partial charge in [-0.25, -0.2) is 14.2 Å². The number of carbonyl (C=O) groups excluding carboxylic acids is 1. The van der Waals surface area contributed by atoms with Gasteiger partial charge in [0.15, 0.2) is 5.82 Å². The van der Waals surface area contributed by atoms with Crippen LogP contribution in [0.2, 0.25) is 0 Å². The number of H-pyrrole nitrogens is 1. The van der Waals surface area contributed by atoms with Crippen LogP contribution >= 0.6 is 0 Å². The lowest BCUT2D eigenvalue weighted by Gasteiger charge is -2.14. The van der Waals surface area contributed by atoms with E-state index in [4.69, 9.17) is 4.74 Å². The predicted molar refractivity (Wildman–Crippen MR) is 142 cm³/mol. The Bertz CT molecular complexity index is 1550. The second-order valence-corrected chi connectivity index (χ2v) is 9.73. The minimum Gasteiger partial charge on any atom is -0.489 e. The Kier molecular flexibility index (Phi) is 6.35. The molecule has 0 saturated carbocycles. The number of hydrogen-bond donors (Lipinski definition) is 3. The Morgan fingerprint density at radius 2 is 1.84 bits per heavy atom. The Hall–Kier alpha value is -4.66. The molecule has 37 heavy (non-hydrogen) atoms. The van der Waals surface area contributed by atoms with Crippen molar-refractivity contribution in [2.45, 2.75) is 32.8 Å². The van der Waals surface area contributed by atoms with Crippen molar-refractivity contribution in [1.82, 2.24) is 19.7 Å². The minimum atomic E-state index is -0.376. The smallest absolute Gasteiger partial charge is 0.324 e. The zero-order valence-corrected chi connectivity index (χ0v) is 20.7. The van der Waals surface area contributed by atoms with Crippen LogP contribution in [0.3, 0.4) is 0 Å². The molecule has 0 aliphatic heterocycles. The van der Waals surface area contributed by atoms with Crippen molar-refractivity contribution in [3.05, 3.63) is 96.2 Å². The SMILES string of the molecule is CC(C)(C)c1cc(NC(=O)Nc2ccc(-n3cnc4cc(OCc5cccc(F)c5)ccc43)cc2)n[nH]1. The van der Waals surface area contributed by atoms with E-state index in [1.54, 1.807) is 12.4 Å². The lowest BCUT2D eigenvalue weighted by molar-refractivity contribution is 0.262. The number of hydrogen-bond acceptors (Lipinski definition) is 4. The van der Waals surface area contributed by atoms with Crippen molar-refractivity contribution in [3.8, 4) is 11.4 Å². The van der Waals surface area contributed by atoms with E-state index in [2.05, 4.69) is 46.6 Å². The summed E-state index contributed by atoms with van der Waals surface area (Å²) in [6.07, 6.45) is 1.74. The van der Waals surface area contributed by atoms with Crippen LogP contribution in [0.15, 0.2) is 79.1 Å². The molecule has 0 atom stereocenters. The van der Waals surface area contributed by atoms with Crippen molar-refractivity contribution in [2.75, 3.05) is 10.6 Å². The Morgan fingerprint density at radius 3 is 2.57 bits per heavy atom. The van der Waals surface area contributed by atoms with Crippen LogP contribution in [0.4, 0.5) is 20.7 Å². The molecule has 2 amide bonds. The first-order valence-electron chi connectivity index (χ1n) is 11.8. The number of aromatic nitrogens is 4. The van der Waals surface area contributed by atoms with Crippen molar-refractivity contribution in [2.24, 2.45) is 0 Å². The van der Waals surface area contributed by atoms with E-state index in [0.29, 0.717) is 17.3 Å². The van der Waals surface area contributed by atoms with Gasteiger partial charge in [0.1, 0.15) is 24.5 Å². The van der Waals surface area contributed by atoms with Gasteiger partial charge < -0.3 is 10.1 Å². The van der Waals surface area contributed by atoms with E-state index >= 15 is 0 Å². The highest BCUT2D eigenvalue weighted by atomic mass is 19.1. The van der Waals surface area contributed by atoms with Crippen LogP contribution < -0.4 is 15.4 Å². The molecule has 2 aromatic heterocycles. The van der Waals surface area contributed by atoms with Crippen molar-refractivity contribution < 1.29 is 13.9 Å². The third-order valence-corrected chi connectivity index (χ3v) is 5.84. The average Bonchev–Trinajstić information content (AvgIpc) is 3.50. The number of ether oxygens (including phenoxy) is 1. The fourth-order valence-corrected chi connectivity index (χ4v) is 3.84. The summed E-state index contributed by atoms with van der Waals surface area (Å²) in [6.45, 7) is 6.47. The van der Waals surface area contributed by atoms with Gasteiger partial charge in [0, 0.05) is 34.6 Å². The lowest BCUT2D eigenvalue weighted by atomic mass is 9.92. The fraction of sp³-hybridized carbons (Fsp3) is 0.179. The summed E-state index contributed by atoms with van der Waals surface area (Å²) >= 11 is 0. The summed E-state index contributed by atoms with van der Waals surface area (Å²) < 4.78 is 21.1. The molecule has 8 nitrogen and oxygen atoms in total. The van der Waals surface area contributed by atoms with Crippen LogP contribution in [0, 0.1) is 5.82 Å². The average molecular weight is 499 g/mol. The maximum Gasteiger partial charge on any atom is 0.324 e. The number of urea groups is 1. The van der Waals surface area contributed by atoms with Gasteiger partial charge in [-0.1, -0.05) is 32.9 Å². The van der Waals surface area contributed by atoms with Gasteiger partial charge in [-0.05, 0) is 54.1 Å².